The van der Waals surface area contributed by atoms with Crippen LogP contribution in [0, 0.1) is 6.92 Å². The fourth-order valence-corrected chi connectivity index (χ4v) is 1.32. The molecule has 1 aromatic rings. The summed E-state index contributed by atoms with van der Waals surface area (Å²) >= 11 is 0. The lowest BCUT2D eigenvalue weighted by molar-refractivity contribution is 0.329. The van der Waals surface area contributed by atoms with Gasteiger partial charge in [0.15, 0.2) is 0 Å². The molecule has 0 aromatic carbocycles. The van der Waals surface area contributed by atoms with Crippen molar-refractivity contribution in [2.45, 2.75) is 20.1 Å². The highest BCUT2D eigenvalue weighted by Gasteiger charge is 2.10. The Bertz CT molecular complexity index is 344. The molecule has 1 aromatic heterocycles. The normalized spacial score (nSPS) is 10.7. The second-order valence-corrected chi connectivity index (χ2v) is 3.16. The highest BCUT2D eigenvalue weighted by atomic mass is 31.1. The van der Waals surface area contributed by atoms with E-state index >= 15 is 0 Å². The summed E-state index contributed by atoms with van der Waals surface area (Å²) in [5.74, 6) is 0.0798. The molecule has 1 heterocycles. The average Bonchev–Trinajstić information content (AvgIpc) is 2.20. The monoisotopic (exact) mass is 214 g/mol. The molecular formula is C8H11N2O3P. The van der Waals surface area contributed by atoms with E-state index in [9.17, 15) is 9.67 Å². The van der Waals surface area contributed by atoms with E-state index in [0.717, 1.165) is 0 Å². The number of pyridine rings is 1. The molecule has 0 aliphatic rings. The van der Waals surface area contributed by atoms with Crippen molar-refractivity contribution in [1.82, 2.24) is 4.98 Å². The lowest BCUT2D eigenvalue weighted by Crippen LogP contribution is -2.04. The maximum atomic E-state index is 10.1. The zero-order valence-electron chi connectivity index (χ0n) is 7.73. The van der Waals surface area contributed by atoms with Gasteiger partial charge >= 0.3 is 8.69 Å². The molecule has 0 saturated carbocycles. The largest absolute Gasteiger partial charge is 0.506 e. The third-order valence-corrected chi connectivity index (χ3v) is 2.14. The van der Waals surface area contributed by atoms with E-state index in [2.05, 4.69) is 9.51 Å². The Morgan fingerprint density at radius 3 is 3.00 bits per heavy atom. The molecule has 0 bridgehead atoms. The molecule has 76 valence electrons. The molecule has 6 heteroatoms. The zero-order valence-corrected chi connectivity index (χ0v) is 8.62. The molecular weight excluding hydrogens is 203 g/mol. The summed E-state index contributed by atoms with van der Waals surface area (Å²) in [5, 5.41) is 9.60. The van der Waals surface area contributed by atoms with Gasteiger partial charge in [0, 0.05) is 23.9 Å². The van der Waals surface area contributed by atoms with Crippen molar-refractivity contribution >= 4 is 8.69 Å². The molecule has 0 radical (unpaired) electrons. The number of nitrogens with zero attached hydrogens (tertiary/aromatic N) is 1. The van der Waals surface area contributed by atoms with Gasteiger partial charge in [0.2, 0.25) is 0 Å². The van der Waals surface area contributed by atoms with Crippen molar-refractivity contribution in [2.24, 2.45) is 5.73 Å². The van der Waals surface area contributed by atoms with Crippen LogP contribution in [0.15, 0.2) is 6.20 Å². The number of nitrogens with two attached hydrogens (primary N) is 1. The second-order valence-electron chi connectivity index (χ2n) is 2.75. The Kier molecular flexibility index (Phi) is 3.95. The highest BCUT2D eigenvalue weighted by Crippen LogP contribution is 2.24. The molecule has 0 unspecified atom stereocenters. The molecule has 0 spiro atoms. The standard InChI is InChI=1S/C8H11N2O3P/c1-5-8(11)7(2-9)6(3-10-5)4-13-14-12/h3,11H,2,4,9H2,1H3. The lowest BCUT2D eigenvalue weighted by atomic mass is 10.1. The van der Waals surface area contributed by atoms with E-state index in [-0.39, 0.29) is 18.9 Å². The van der Waals surface area contributed by atoms with Crippen LogP contribution in [0.1, 0.15) is 16.8 Å². The lowest BCUT2D eigenvalue weighted by Gasteiger charge is -2.09. The fraction of sp³-hybridized carbons (Fsp3) is 0.375. The quantitative estimate of drug-likeness (QED) is 0.737. The van der Waals surface area contributed by atoms with Crippen LogP contribution in [0.3, 0.4) is 0 Å². The molecule has 0 amide bonds. The van der Waals surface area contributed by atoms with Crippen molar-refractivity contribution in [3.63, 3.8) is 0 Å². The Labute approximate surface area is 83.2 Å². The molecule has 0 atom stereocenters. The fourth-order valence-electron chi connectivity index (χ4n) is 1.13. The van der Waals surface area contributed by atoms with E-state index in [0.29, 0.717) is 16.8 Å². The molecule has 3 N–H and O–H groups in total. The summed E-state index contributed by atoms with van der Waals surface area (Å²) in [5.41, 5.74) is 7.23. The molecule has 0 fully saturated rings. The van der Waals surface area contributed by atoms with Gasteiger partial charge in [-0.05, 0) is 6.92 Å². The highest BCUT2D eigenvalue weighted by molar-refractivity contribution is 7.17. The van der Waals surface area contributed by atoms with Gasteiger partial charge in [-0.3, -0.25) is 9.51 Å². The van der Waals surface area contributed by atoms with Crippen LogP contribution in [0.5, 0.6) is 5.75 Å². The van der Waals surface area contributed by atoms with Crippen LogP contribution in [-0.4, -0.2) is 10.1 Å². The van der Waals surface area contributed by atoms with Gasteiger partial charge in [-0.25, -0.2) is 4.57 Å². The first-order valence-electron chi connectivity index (χ1n) is 4.01. The minimum atomic E-state index is -0.400. The van der Waals surface area contributed by atoms with Crippen LogP contribution < -0.4 is 5.73 Å². The molecule has 5 nitrogen and oxygen atoms in total. The number of hydrogen-bond acceptors (Lipinski definition) is 5. The maximum Gasteiger partial charge on any atom is 0.327 e. The van der Waals surface area contributed by atoms with Crippen molar-refractivity contribution in [1.29, 1.82) is 0 Å². The Morgan fingerprint density at radius 2 is 2.43 bits per heavy atom. The van der Waals surface area contributed by atoms with Gasteiger partial charge in [0.25, 0.3) is 0 Å². The predicted molar refractivity (Wildman–Crippen MR) is 50.9 cm³/mol. The number of aromatic hydroxyl groups is 1. The van der Waals surface area contributed by atoms with Crippen LogP contribution in [0.2, 0.25) is 0 Å². The smallest absolute Gasteiger partial charge is 0.327 e. The summed E-state index contributed by atoms with van der Waals surface area (Å²) in [6, 6.07) is 0. The summed E-state index contributed by atoms with van der Waals surface area (Å²) in [6.07, 6.45) is 1.56. The van der Waals surface area contributed by atoms with Crippen molar-refractivity contribution in [3.05, 3.63) is 23.0 Å². The third kappa shape index (κ3) is 2.26. The molecule has 0 aliphatic heterocycles. The predicted octanol–water partition coefficient (Wildman–Crippen LogP) is 1.28. The van der Waals surface area contributed by atoms with Crippen LogP contribution in [0.25, 0.3) is 0 Å². The molecule has 1 rings (SSSR count). The topological polar surface area (TPSA) is 85.4 Å². The summed E-state index contributed by atoms with van der Waals surface area (Å²) in [4.78, 5) is 3.95. The van der Waals surface area contributed by atoms with Gasteiger partial charge in [0.05, 0.1) is 12.3 Å². The Hall–Kier alpha value is -1.03. The molecule has 14 heavy (non-hydrogen) atoms. The van der Waals surface area contributed by atoms with Crippen LogP contribution in [0.4, 0.5) is 0 Å². The van der Waals surface area contributed by atoms with Gasteiger partial charge in [0.1, 0.15) is 5.75 Å². The zero-order chi connectivity index (χ0) is 10.6. The van der Waals surface area contributed by atoms with Gasteiger partial charge in [-0.15, -0.1) is 0 Å². The van der Waals surface area contributed by atoms with E-state index in [1.165, 1.54) is 0 Å². The summed E-state index contributed by atoms with van der Waals surface area (Å²) < 4.78 is 14.8. The first-order chi connectivity index (χ1) is 6.70. The van der Waals surface area contributed by atoms with Gasteiger partial charge < -0.3 is 10.8 Å². The van der Waals surface area contributed by atoms with Crippen LogP contribution in [-0.2, 0) is 22.2 Å². The Morgan fingerprint density at radius 1 is 1.71 bits per heavy atom. The first-order valence-corrected chi connectivity index (χ1v) is 4.74. The molecule has 0 saturated heterocycles. The van der Waals surface area contributed by atoms with Gasteiger partial charge in [-0.1, -0.05) is 0 Å². The number of aryl methyl sites for hydroxylation is 1. The second kappa shape index (κ2) is 5.00. The van der Waals surface area contributed by atoms with Gasteiger partial charge in [-0.2, -0.15) is 0 Å². The number of rotatable bonds is 4. The van der Waals surface area contributed by atoms with E-state index < -0.39 is 8.69 Å². The molecule has 0 aliphatic carbocycles. The van der Waals surface area contributed by atoms with Crippen LogP contribution >= 0.6 is 8.69 Å². The van der Waals surface area contributed by atoms with Crippen molar-refractivity contribution in [3.8, 4) is 5.75 Å². The minimum absolute atomic E-state index is 0.0798. The third-order valence-electron chi connectivity index (χ3n) is 1.91. The van der Waals surface area contributed by atoms with E-state index in [1.807, 2.05) is 0 Å². The number of hydrogen-bond donors (Lipinski definition) is 2. The van der Waals surface area contributed by atoms with Crippen molar-refractivity contribution in [2.75, 3.05) is 0 Å². The van der Waals surface area contributed by atoms with Crippen molar-refractivity contribution < 1.29 is 14.2 Å². The maximum absolute atomic E-state index is 10.1. The number of aromatic nitrogens is 1. The van der Waals surface area contributed by atoms with E-state index in [4.69, 9.17) is 5.73 Å². The summed E-state index contributed by atoms with van der Waals surface area (Å²) in [6.45, 7) is 2.01. The minimum Gasteiger partial charge on any atom is -0.506 e. The SMILES string of the molecule is Cc1ncc(COP=O)c(CN)c1O. The summed E-state index contributed by atoms with van der Waals surface area (Å²) in [7, 11) is -0.400. The first kappa shape index (κ1) is 11.0. The average molecular weight is 214 g/mol. The Balaban J connectivity index is 3.03. The van der Waals surface area contributed by atoms with E-state index in [1.54, 1.807) is 13.1 Å².